The molecule has 5 nitrogen and oxygen atoms in total. The fourth-order valence-corrected chi connectivity index (χ4v) is 3.14. The predicted octanol–water partition coefficient (Wildman–Crippen LogP) is 4.72. The summed E-state index contributed by atoms with van der Waals surface area (Å²) in [6.07, 6.45) is 7.06. The molecule has 1 aliphatic carbocycles. The van der Waals surface area contributed by atoms with Crippen LogP contribution in [0.3, 0.4) is 0 Å². The van der Waals surface area contributed by atoms with Crippen LogP contribution in [-0.2, 0) is 16.0 Å². The van der Waals surface area contributed by atoms with Gasteiger partial charge >= 0.3 is 0 Å². The fraction of sp³-hybridized carbons (Fsp3) is 0.708. The van der Waals surface area contributed by atoms with Crippen molar-refractivity contribution in [2.75, 3.05) is 21.0 Å². The van der Waals surface area contributed by atoms with Crippen LogP contribution < -0.4 is 5.32 Å². The lowest BCUT2D eigenvalue weighted by molar-refractivity contribution is -0.110. The Kier molecular flexibility index (Phi) is 27.4. The minimum Gasteiger partial charge on any atom is -0.400 e. The number of methoxy groups -OCH3 is 1. The van der Waals surface area contributed by atoms with Crippen LogP contribution in [0.4, 0.5) is 0 Å². The van der Waals surface area contributed by atoms with Gasteiger partial charge in [-0.1, -0.05) is 65.3 Å². The molecule has 0 heterocycles. The zero-order valence-corrected chi connectivity index (χ0v) is 20.1. The number of carbonyl (C=O) groups excluding carboxylic acids is 1. The highest BCUT2D eigenvalue weighted by Crippen LogP contribution is 2.29. The summed E-state index contributed by atoms with van der Waals surface area (Å²) in [5.74, 6) is 1.45. The van der Waals surface area contributed by atoms with Crippen molar-refractivity contribution in [2.24, 2.45) is 11.8 Å². The van der Waals surface area contributed by atoms with Crippen molar-refractivity contribution in [2.45, 2.75) is 79.7 Å². The zero-order valence-electron chi connectivity index (χ0n) is 20.1. The smallest absolute Gasteiger partial charge is 0.207 e. The Morgan fingerprint density at radius 3 is 2.10 bits per heavy atom. The lowest BCUT2D eigenvalue weighted by Gasteiger charge is -2.12. The van der Waals surface area contributed by atoms with E-state index in [0.29, 0.717) is 12.0 Å². The maximum Gasteiger partial charge on any atom is 0.207 e. The molecule has 1 fully saturated rings. The van der Waals surface area contributed by atoms with E-state index in [1.54, 1.807) is 0 Å². The van der Waals surface area contributed by atoms with Gasteiger partial charge in [0.1, 0.15) is 6.79 Å². The van der Waals surface area contributed by atoms with Crippen LogP contribution in [0.2, 0.25) is 0 Å². The molecule has 1 aromatic rings. The first-order valence-electron chi connectivity index (χ1n) is 10.8. The number of benzene rings is 1. The Bertz CT molecular complexity index is 452. The number of nitrogens with one attached hydrogen (secondary N) is 1. The SMILES string of the molecule is CC.CC1CC(C)C(NC=O)C1.CCCCc1ccccc1C.CO.COCO. The van der Waals surface area contributed by atoms with Crippen molar-refractivity contribution in [3.05, 3.63) is 35.4 Å². The number of ether oxygens (including phenoxy) is 1. The average Bonchev–Trinajstić information content (AvgIpc) is 3.08. The third-order valence-corrected chi connectivity index (χ3v) is 4.59. The monoisotopic (exact) mass is 413 g/mol. The van der Waals surface area contributed by atoms with E-state index < -0.39 is 0 Å². The molecule has 3 atom stereocenters. The molecule has 172 valence electrons. The highest BCUT2D eigenvalue weighted by Gasteiger charge is 2.27. The number of rotatable bonds is 6. The lowest BCUT2D eigenvalue weighted by Crippen LogP contribution is -2.29. The van der Waals surface area contributed by atoms with Gasteiger partial charge in [-0.3, -0.25) is 4.79 Å². The number of aryl methyl sites for hydroxylation is 2. The molecule has 1 amide bonds. The molecule has 3 unspecified atom stereocenters. The van der Waals surface area contributed by atoms with Crippen molar-refractivity contribution < 1.29 is 19.7 Å². The number of aliphatic hydroxyl groups is 2. The molecule has 0 aromatic heterocycles. The fourth-order valence-electron chi connectivity index (χ4n) is 3.14. The summed E-state index contributed by atoms with van der Waals surface area (Å²) in [6, 6.07) is 9.08. The maximum atomic E-state index is 10.1. The van der Waals surface area contributed by atoms with Gasteiger partial charge in [-0.15, -0.1) is 0 Å². The van der Waals surface area contributed by atoms with Gasteiger partial charge in [0, 0.05) is 20.3 Å². The lowest BCUT2D eigenvalue weighted by atomic mass is 10.0. The first-order valence-corrected chi connectivity index (χ1v) is 10.8. The summed E-state index contributed by atoms with van der Waals surface area (Å²) in [6.45, 7) is 12.7. The summed E-state index contributed by atoms with van der Waals surface area (Å²) >= 11 is 0. The van der Waals surface area contributed by atoms with Gasteiger partial charge in [-0.25, -0.2) is 0 Å². The molecule has 1 aliphatic rings. The van der Waals surface area contributed by atoms with Crippen molar-refractivity contribution in [1.82, 2.24) is 5.32 Å². The normalized spacial score (nSPS) is 18.9. The van der Waals surface area contributed by atoms with E-state index in [2.05, 4.69) is 62.0 Å². The molecule has 3 N–H and O–H groups in total. The molecule has 0 aliphatic heterocycles. The molecule has 2 rings (SSSR count). The highest BCUT2D eigenvalue weighted by atomic mass is 16.6. The standard InChI is InChI=1S/C11H16.C8H15NO.C2H6O2.C2H6.CH4O/c1-3-4-8-11-9-6-5-7-10(11)2;1-6-3-7(2)8(4-6)9-5-10;1-4-2-3;2*1-2/h5-7,9H,3-4,8H2,1-2H3;5-8H,3-4H2,1-2H3,(H,9,10);3H,2H2,1H3;1-2H3;2H,1H3. The Morgan fingerprint density at radius 1 is 1.17 bits per heavy atom. The largest absolute Gasteiger partial charge is 0.400 e. The molecule has 0 bridgehead atoms. The maximum absolute atomic E-state index is 10.1. The van der Waals surface area contributed by atoms with E-state index >= 15 is 0 Å². The second kappa shape index (κ2) is 24.6. The quantitative estimate of drug-likeness (QED) is 0.466. The molecule has 5 heteroatoms. The van der Waals surface area contributed by atoms with E-state index in [-0.39, 0.29) is 6.79 Å². The molecule has 0 saturated heterocycles. The number of carbonyl (C=O) groups is 1. The predicted molar refractivity (Wildman–Crippen MR) is 124 cm³/mol. The third kappa shape index (κ3) is 18.3. The van der Waals surface area contributed by atoms with E-state index in [0.717, 1.165) is 25.9 Å². The van der Waals surface area contributed by atoms with Crippen LogP contribution >= 0.6 is 0 Å². The summed E-state index contributed by atoms with van der Waals surface area (Å²) in [5.41, 5.74) is 2.94. The van der Waals surface area contributed by atoms with Gasteiger partial charge in [-0.2, -0.15) is 0 Å². The van der Waals surface area contributed by atoms with E-state index in [1.165, 1.54) is 43.9 Å². The van der Waals surface area contributed by atoms with E-state index in [9.17, 15) is 4.79 Å². The Labute approximate surface area is 179 Å². The third-order valence-electron chi connectivity index (χ3n) is 4.59. The molecule has 0 radical (unpaired) electrons. The number of hydrogen-bond acceptors (Lipinski definition) is 4. The van der Waals surface area contributed by atoms with E-state index in [1.807, 2.05) is 13.8 Å². The molecular weight excluding hydrogens is 366 g/mol. The second-order valence-corrected chi connectivity index (χ2v) is 6.89. The minimum absolute atomic E-state index is 0.181. The molecule has 29 heavy (non-hydrogen) atoms. The van der Waals surface area contributed by atoms with Gasteiger partial charge < -0.3 is 20.3 Å². The highest BCUT2D eigenvalue weighted by molar-refractivity contribution is 5.46. The average molecular weight is 414 g/mol. The molecule has 1 saturated carbocycles. The van der Waals surface area contributed by atoms with Gasteiger partial charge in [0.25, 0.3) is 0 Å². The van der Waals surface area contributed by atoms with Crippen molar-refractivity contribution in [3.63, 3.8) is 0 Å². The first-order chi connectivity index (χ1) is 14.0. The van der Waals surface area contributed by atoms with Crippen molar-refractivity contribution in [3.8, 4) is 0 Å². The van der Waals surface area contributed by atoms with E-state index in [4.69, 9.17) is 10.2 Å². The molecule has 0 spiro atoms. The Hall–Kier alpha value is -1.43. The Morgan fingerprint density at radius 2 is 1.72 bits per heavy atom. The minimum atomic E-state index is -0.181. The van der Waals surface area contributed by atoms with Crippen LogP contribution in [0.1, 0.15) is 71.4 Å². The summed E-state index contributed by atoms with van der Waals surface area (Å²) in [5, 5.41) is 17.5. The number of hydrogen-bond donors (Lipinski definition) is 3. The number of amides is 1. The summed E-state index contributed by atoms with van der Waals surface area (Å²) < 4.78 is 4.10. The zero-order chi connectivity index (χ0) is 23.1. The van der Waals surface area contributed by atoms with Crippen LogP contribution in [0, 0.1) is 18.8 Å². The Balaban J connectivity index is -0.000000346. The van der Waals surface area contributed by atoms with Crippen molar-refractivity contribution >= 4 is 6.41 Å². The van der Waals surface area contributed by atoms with Crippen molar-refractivity contribution in [1.29, 1.82) is 0 Å². The second-order valence-electron chi connectivity index (χ2n) is 6.89. The summed E-state index contributed by atoms with van der Waals surface area (Å²) in [4.78, 5) is 10.1. The van der Waals surface area contributed by atoms with Crippen LogP contribution in [0.15, 0.2) is 24.3 Å². The number of unbranched alkanes of at least 4 members (excludes halogenated alkanes) is 1. The van der Waals surface area contributed by atoms with Gasteiger partial charge in [0.15, 0.2) is 0 Å². The topological polar surface area (TPSA) is 78.8 Å². The van der Waals surface area contributed by atoms with Gasteiger partial charge in [0.05, 0.1) is 0 Å². The molecular formula is C24H47NO4. The van der Waals surface area contributed by atoms with Crippen LogP contribution in [-0.4, -0.2) is 43.7 Å². The summed E-state index contributed by atoms with van der Waals surface area (Å²) in [7, 11) is 2.43. The van der Waals surface area contributed by atoms with Gasteiger partial charge in [-0.05, 0) is 55.6 Å². The van der Waals surface area contributed by atoms with Crippen LogP contribution in [0.25, 0.3) is 0 Å². The number of aliphatic hydroxyl groups excluding tert-OH is 2. The first kappa shape index (κ1) is 32.2. The van der Waals surface area contributed by atoms with Gasteiger partial charge in [0.2, 0.25) is 6.41 Å². The van der Waals surface area contributed by atoms with Crippen LogP contribution in [0.5, 0.6) is 0 Å². The molecule has 1 aromatic carbocycles.